The number of alkyl halides is 9. The van der Waals surface area contributed by atoms with Gasteiger partial charge in [-0.2, -0.15) is 47.9 Å². The van der Waals surface area contributed by atoms with Crippen molar-refractivity contribution in [2.24, 2.45) is 0 Å². The average Bonchev–Trinajstić information content (AvgIpc) is 1.50. The highest BCUT2D eigenvalue weighted by atomic mass is 32.2. The van der Waals surface area contributed by atoms with Gasteiger partial charge in [-0.25, -0.2) is 29.9 Å². The van der Waals surface area contributed by atoms with E-state index in [4.69, 9.17) is 15.0 Å². The fraction of sp³-hybridized carbons (Fsp3) is 0.0598. The van der Waals surface area contributed by atoms with Crippen LogP contribution in [0.15, 0.2) is 425 Å². The molecule has 0 radical (unpaired) electrons. The number of nitrogens with zero attached hydrogens (tertiary/aromatic N) is 6. The first-order valence-corrected chi connectivity index (χ1v) is 45.7. The van der Waals surface area contributed by atoms with Crippen molar-refractivity contribution < 1.29 is 62.2 Å². The number of halogens is 9. The quantitative estimate of drug-likeness (QED) is 0.0571. The van der Waals surface area contributed by atoms with Crippen LogP contribution in [0.2, 0.25) is 0 Å². The second kappa shape index (κ2) is 34.8. The zero-order chi connectivity index (χ0) is 94.6. The second-order valence-electron chi connectivity index (χ2n) is 33.9. The van der Waals surface area contributed by atoms with Crippen LogP contribution < -0.4 is 9.65 Å². The van der Waals surface area contributed by atoms with Crippen LogP contribution in [0.1, 0.15) is 51.9 Å². The summed E-state index contributed by atoms with van der Waals surface area (Å²) in [7, 11) is -8.73. The average molecular weight is 1860 g/mol. The van der Waals surface area contributed by atoms with E-state index in [0.29, 0.717) is 56.7 Å². The Morgan fingerprint density at radius 1 is 0.245 bits per heavy atom. The minimum atomic E-state index is -7.46. The molecule has 2 heterocycles. The van der Waals surface area contributed by atoms with Crippen molar-refractivity contribution in [3.63, 3.8) is 0 Å². The van der Waals surface area contributed by atoms with Gasteiger partial charge in [0.15, 0.2) is 40.7 Å². The zero-order valence-electron chi connectivity index (χ0n) is 72.6. The first-order chi connectivity index (χ1) is 67.0. The Bertz CT molecular complexity index is 8130. The maximum atomic E-state index is 14.6. The molecule has 18 aromatic carbocycles. The van der Waals surface area contributed by atoms with Gasteiger partial charge in [0.1, 0.15) is 0 Å². The molecule has 0 aliphatic heterocycles. The van der Waals surface area contributed by atoms with Gasteiger partial charge >= 0.3 is 40.5 Å². The molecule has 4 aliphatic rings. The largest absolute Gasteiger partial charge is 0.489 e. The highest BCUT2D eigenvalue weighted by Crippen LogP contribution is 2.66. The van der Waals surface area contributed by atoms with Crippen molar-refractivity contribution in [2.75, 3.05) is 0 Å². The molecule has 22 heteroatoms. The molecule has 0 bridgehead atoms. The molecule has 139 heavy (non-hydrogen) atoms. The van der Waals surface area contributed by atoms with Crippen molar-refractivity contribution in [3.05, 3.63) is 469 Å². The van der Waals surface area contributed by atoms with E-state index in [1.165, 1.54) is 142 Å². The van der Waals surface area contributed by atoms with Crippen LogP contribution in [0.3, 0.4) is 0 Å². The maximum Gasteiger partial charge on any atom is 0.489 e. The normalized spacial score (nSPS) is 13.1. The summed E-state index contributed by atoms with van der Waals surface area (Å²) in [5.41, 5.74) is 28.8. The minimum absolute atomic E-state index is 0. The summed E-state index contributed by atoms with van der Waals surface area (Å²) in [6, 6.07) is 139. The molecule has 0 atom stereocenters. The minimum Gasteiger partial charge on any atom is -0.423 e. The first kappa shape index (κ1) is 89.2. The molecule has 2 N–H and O–H groups in total. The van der Waals surface area contributed by atoms with Gasteiger partial charge in [0.05, 0.1) is 10.8 Å². The lowest BCUT2D eigenvalue weighted by molar-refractivity contribution is -0.382. The number of aromatic nitrogens is 6. The molecule has 0 fully saturated rings. The third-order valence-corrected chi connectivity index (χ3v) is 27.6. The van der Waals surface area contributed by atoms with Crippen LogP contribution in [-0.2, 0) is 20.9 Å². The molecule has 2 spiro atoms. The third kappa shape index (κ3) is 14.5. The predicted molar refractivity (Wildman–Crippen MR) is 530 cm³/mol. The van der Waals surface area contributed by atoms with Gasteiger partial charge in [-0.15, -0.1) is 0 Å². The molecule has 676 valence electrons. The summed E-state index contributed by atoms with van der Waals surface area (Å²) in [5, 5.41) is 16.1. The lowest BCUT2D eigenvalue weighted by Gasteiger charge is -2.32. The summed E-state index contributed by atoms with van der Waals surface area (Å²) in [5.74, 6) is -13.2. The van der Waals surface area contributed by atoms with Crippen LogP contribution in [0, 0.1) is 0 Å². The molecular weight excluding hydrogens is 1780 g/mol. The van der Waals surface area contributed by atoms with Gasteiger partial charge in [0, 0.05) is 38.9 Å². The van der Waals surface area contributed by atoms with Gasteiger partial charge in [0.25, 0.3) is 0 Å². The van der Waals surface area contributed by atoms with E-state index in [-0.39, 0.29) is 29.8 Å². The van der Waals surface area contributed by atoms with E-state index in [9.17, 15) is 58.0 Å². The fourth-order valence-electron chi connectivity index (χ4n) is 20.3. The molecule has 0 unspecified atom stereocenters. The third-order valence-electron chi connectivity index (χ3n) is 26.4. The fourth-order valence-corrected chi connectivity index (χ4v) is 21.2. The Morgan fingerprint density at radius 2 is 0.518 bits per heavy atom. The number of fused-ring (bicyclic) bond motifs is 22. The molecule has 0 saturated heterocycles. The van der Waals surface area contributed by atoms with E-state index in [0.717, 1.165) is 51.1 Å². The number of hydrogen-bond donors (Lipinski definition) is 2. The van der Waals surface area contributed by atoms with E-state index >= 15 is 0 Å². The highest BCUT2D eigenvalue weighted by molar-refractivity contribution is 7.88. The molecular formula is C117H76BF9N6O5S. The van der Waals surface area contributed by atoms with Crippen LogP contribution in [0.25, 0.3) is 168 Å². The number of benzene rings is 18. The smallest absolute Gasteiger partial charge is 0.423 e. The van der Waals surface area contributed by atoms with E-state index in [1.54, 1.807) is 54.6 Å². The van der Waals surface area contributed by atoms with Gasteiger partial charge in [-0.1, -0.05) is 426 Å². The highest BCUT2D eigenvalue weighted by Gasteiger charge is 2.86. The summed E-state index contributed by atoms with van der Waals surface area (Å²) < 4.78 is 152. The maximum absolute atomic E-state index is 14.6. The lowest BCUT2D eigenvalue weighted by atomic mass is 9.69. The molecule has 20 aromatic rings. The van der Waals surface area contributed by atoms with Crippen LogP contribution in [0.4, 0.5) is 39.5 Å². The van der Waals surface area contributed by atoms with Gasteiger partial charge in [-0.05, 0) is 150 Å². The Morgan fingerprint density at radius 3 is 0.899 bits per heavy atom. The molecule has 2 aromatic heterocycles. The van der Waals surface area contributed by atoms with Crippen molar-refractivity contribution in [2.45, 2.75) is 41.5 Å². The van der Waals surface area contributed by atoms with Gasteiger partial charge in [0.2, 0.25) is 0 Å². The molecule has 4 aliphatic carbocycles. The van der Waals surface area contributed by atoms with E-state index in [2.05, 4.69) is 244 Å². The molecule has 0 saturated carbocycles. The van der Waals surface area contributed by atoms with Crippen LogP contribution >= 0.6 is 0 Å². The molecule has 0 amide bonds. The summed E-state index contributed by atoms with van der Waals surface area (Å²) in [6.07, 6.45) is -7.23. The Balaban J connectivity index is 0.000000131. The monoisotopic (exact) mass is 1860 g/mol. The van der Waals surface area contributed by atoms with E-state index < -0.39 is 57.1 Å². The van der Waals surface area contributed by atoms with Gasteiger partial charge in [-0.3, -0.25) is 0 Å². The Hall–Kier alpha value is -16.4. The standard InChI is InChI=1S/C56H35N3.C35H20F9N3O3S.C25H17BO2.CH4/c1-3-17-38(18-4-1)53-57-54(39-19-5-2-6-20-39)59-55(58-53)40-32-30-37(31-33-40)51-41-21-8-7-16-36(41)34-35-45(51)44-25-15-29-50-52(44)46-24-11-14-28-49(46)56(50)47-26-12-9-22-42(47)43-23-10-13-27-48(43)56;36-32(37,34(40,41)42)33(38,39)35(43,44)51(48,49)50-27-20-19-21-9-7-8-14-26(21)28(27)22-15-17-25(18-16-22)31-46-29(23-10-3-1-4-11-23)45-30(47-31)24-12-5-2-6-13-24;27-26(28)23-15-7-14-22-24(23)18-10-3-6-13-21(18)25(22)19-11-4-1-8-16(19)17-9-2-5-12-20(17)25;/h1-35H;1-20H;1-15,27-28H;1H4. The van der Waals surface area contributed by atoms with Crippen LogP contribution in [0.5, 0.6) is 5.75 Å². The van der Waals surface area contributed by atoms with Crippen molar-refractivity contribution in [3.8, 4) is 152 Å². The lowest BCUT2D eigenvalue weighted by Crippen LogP contribution is -2.63. The predicted octanol–water partition coefficient (Wildman–Crippen LogP) is 27.9. The number of rotatable bonds is 15. The Kier molecular flexibility index (Phi) is 22.3. The van der Waals surface area contributed by atoms with E-state index in [1.807, 2.05) is 91.0 Å². The Labute approximate surface area is 794 Å². The van der Waals surface area contributed by atoms with Crippen molar-refractivity contribution >= 4 is 44.2 Å². The summed E-state index contributed by atoms with van der Waals surface area (Å²) in [4.78, 5) is 28.7. The second-order valence-corrected chi connectivity index (χ2v) is 35.5. The first-order valence-electron chi connectivity index (χ1n) is 44.3. The zero-order valence-corrected chi connectivity index (χ0v) is 73.4. The van der Waals surface area contributed by atoms with Crippen molar-refractivity contribution in [1.82, 2.24) is 29.9 Å². The summed E-state index contributed by atoms with van der Waals surface area (Å²) >= 11 is 0. The molecule has 24 rings (SSSR count). The topological polar surface area (TPSA) is 161 Å². The molecule has 11 nitrogen and oxygen atoms in total. The SMILES string of the molecule is C.O=S(=O)(Oc1ccc2ccccc2c1-c1ccc(-c2nc(-c3ccccc3)nc(-c3ccccc3)n2)cc1)C(F)(F)C(F)(F)C(F)(F)C(F)(F)F.OB(O)c1cccc2c1-c1ccccc1C21c2ccccc2-c2ccccc21.c1ccc(-c2nc(-c3ccccc3)nc(-c3ccc(-c4c(-c5cccc6c5-c5ccccc5C65c6ccccc6-c6ccccc65)ccc5ccccc45)cc3)n2)cc1. The van der Waals surface area contributed by atoms with Crippen LogP contribution in [-0.4, -0.2) is 78.8 Å². The van der Waals surface area contributed by atoms with Crippen molar-refractivity contribution in [1.29, 1.82) is 0 Å². The van der Waals surface area contributed by atoms with Gasteiger partial charge < -0.3 is 14.2 Å². The summed E-state index contributed by atoms with van der Waals surface area (Å²) in [6.45, 7) is 0. The number of hydrogen-bond acceptors (Lipinski definition) is 11.